The number of rotatable bonds is 5. The van der Waals surface area contributed by atoms with Gasteiger partial charge in [0.2, 0.25) is 0 Å². The molecule has 1 aromatic heterocycles. The maximum atomic E-state index is 13.2. The highest BCUT2D eigenvalue weighted by Crippen LogP contribution is 2.41. The van der Waals surface area contributed by atoms with E-state index in [1.807, 2.05) is 23.6 Å². The fourth-order valence-corrected chi connectivity index (χ4v) is 5.26. The highest BCUT2D eigenvalue weighted by Gasteiger charge is 2.46. The standard InChI is InChI=1S/C26H22FNO4S/c27-19-8-5-16(6-9-19)11-12-28-23(21-4-2-14-33-21)22(25(30)26(28)31)24(29)18-7-10-20-17(15-18)3-1-13-32-20/h2,4-10,14-15,23,29H,1,3,11-13H2/b24-22-. The number of hydrogen-bond acceptors (Lipinski definition) is 5. The number of nitrogens with zero attached hydrogens (tertiary/aromatic N) is 1. The number of aliphatic hydroxyl groups excluding tert-OH is 1. The molecule has 1 fully saturated rings. The van der Waals surface area contributed by atoms with Gasteiger partial charge in [-0.15, -0.1) is 11.3 Å². The van der Waals surface area contributed by atoms with E-state index >= 15 is 0 Å². The van der Waals surface area contributed by atoms with Crippen molar-refractivity contribution >= 4 is 28.8 Å². The van der Waals surface area contributed by atoms with Crippen molar-refractivity contribution in [2.45, 2.75) is 25.3 Å². The summed E-state index contributed by atoms with van der Waals surface area (Å²) < 4.78 is 18.9. The van der Waals surface area contributed by atoms with Crippen LogP contribution in [0.1, 0.15) is 34.0 Å². The Balaban J connectivity index is 1.52. The number of amides is 1. The number of carbonyl (C=O) groups is 2. The first kappa shape index (κ1) is 21.4. The van der Waals surface area contributed by atoms with Gasteiger partial charge in [-0.3, -0.25) is 9.59 Å². The van der Waals surface area contributed by atoms with Crippen LogP contribution in [0.4, 0.5) is 4.39 Å². The van der Waals surface area contributed by atoms with E-state index in [4.69, 9.17) is 4.74 Å². The molecule has 168 valence electrons. The van der Waals surface area contributed by atoms with E-state index < -0.39 is 17.7 Å². The number of ether oxygens (including phenoxy) is 1. The molecule has 0 spiro atoms. The van der Waals surface area contributed by atoms with Gasteiger partial charge in [0.1, 0.15) is 17.3 Å². The lowest BCUT2D eigenvalue weighted by Gasteiger charge is -2.24. The average Bonchev–Trinajstić information content (AvgIpc) is 3.45. The van der Waals surface area contributed by atoms with Gasteiger partial charge >= 0.3 is 0 Å². The van der Waals surface area contributed by atoms with Crippen LogP contribution in [0, 0.1) is 5.82 Å². The lowest BCUT2D eigenvalue weighted by Crippen LogP contribution is -2.31. The molecule has 1 N–H and O–H groups in total. The van der Waals surface area contributed by atoms with Crippen molar-refractivity contribution in [3.8, 4) is 5.75 Å². The molecule has 2 aromatic carbocycles. The largest absolute Gasteiger partial charge is 0.507 e. The summed E-state index contributed by atoms with van der Waals surface area (Å²) in [5.74, 6) is -1.05. The first-order chi connectivity index (χ1) is 16.0. The Labute approximate surface area is 194 Å². The van der Waals surface area contributed by atoms with Crippen molar-refractivity contribution in [2.75, 3.05) is 13.2 Å². The molecule has 0 aliphatic carbocycles. The summed E-state index contributed by atoms with van der Waals surface area (Å²) in [4.78, 5) is 28.4. The van der Waals surface area contributed by atoms with E-state index in [2.05, 4.69) is 0 Å². The molecule has 1 unspecified atom stereocenters. The topological polar surface area (TPSA) is 66.8 Å². The Bertz CT molecular complexity index is 1230. The number of hydrogen-bond donors (Lipinski definition) is 1. The Morgan fingerprint density at radius 1 is 1.15 bits per heavy atom. The predicted octanol–water partition coefficient (Wildman–Crippen LogP) is 4.88. The molecule has 3 heterocycles. The normalized spacial score (nSPS) is 19.4. The van der Waals surface area contributed by atoms with Gasteiger partial charge in [-0.1, -0.05) is 18.2 Å². The van der Waals surface area contributed by atoms with Gasteiger partial charge in [-0.05, 0) is 72.2 Å². The number of benzene rings is 2. The average molecular weight is 464 g/mol. The molecule has 0 radical (unpaired) electrons. The van der Waals surface area contributed by atoms with E-state index in [1.54, 1.807) is 24.3 Å². The van der Waals surface area contributed by atoms with Crippen LogP contribution in [0.5, 0.6) is 5.75 Å². The maximum absolute atomic E-state index is 13.2. The second-order valence-corrected chi connectivity index (χ2v) is 9.14. The lowest BCUT2D eigenvalue weighted by atomic mass is 9.97. The molecule has 2 aliphatic heterocycles. The molecule has 2 aliphatic rings. The number of halogens is 1. The number of fused-ring (bicyclic) bond motifs is 1. The fraction of sp³-hybridized carbons (Fsp3) is 0.231. The Morgan fingerprint density at radius 3 is 2.73 bits per heavy atom. The summed E-state index contributed by atoms with van der Waals surface area (Å²) in [6.45, 7) is 0.934. The van der Waals surface area contributed by atoms with E-state index in [0.717, 1.165) is 34.6 Å². The van der Waals surface area contributed by atoms with Gasteiger partial charge < -0.3 is 14.7 Å². The monoisotopic (exact) mass is 463 g/mol. The van der Waals surface area contributed by atoms with Crippen LogP contribution in [0.3, 0.4) is 0 Å². The molecule has 1 amide bonds. The molecular weight excluding hydrogens is 441 g/mol. The number of aliphatic hydroxyl groups is 1. The molecule has 5 rings (SSSR count). The summed E-state index contributed by atoms with van der Waals surface area (Å²) in [6.07, 6.45) is 2.18. The molecule has 0 bridgehead atoms. The van der Waals surface area contributed by atoms with Crippen LogP contribution in [0.25, 0.3) is 5.76 Å². The molecule has 33 heavy (non-hydrogen) atoms. The first-order valence-corrected chi connectivity index (χ1v) is 11.7. The molecular formula is C26H22FNO4S. The highest BCUT2D eigenvalue weighted by atomic mass is 32.1. The zero-order valence-electron chi connectivity index (χ0n) is 17.8. The summed E-state index contributed by atoms with van der Waals surface area (Å²) in [6, 6.07) is 14.5. The Kier molecular flexibility index (Phi) is 5.72. The van der Waals surface area contributed by atoms with Crippen LogP contribution in [0.15, 0.2) is 65.6 Å². The van der Waals surface area contributed by atoms with E-state index in [-0.39, 0.29) is 23.7 Å². The van der Waals surface area contributed by atoms with Crippen LogP contribution in [0.2, 0.25) is 0 Å². The van der Waals surface area contributed by atoms with Gasteiger partial charge in [-0.25, -0.2) is 4.39 Å². The Hall–Kier alpha value is -3.45. The number of Topliss-reactive ketones (excluding diaryl/α,β-unsaturated/α-hetero) is 1. The van der Waals surface area contributed by atoms with Gasteiger partial charge in [0.25, 0.3) is 11.7 Å². The number of ketones is 1. The minimum absolute atomic E-state index is 0.0956. The number of thiophene rings is 1. The lowest BCUT2D eigenvalue weighted by molar-refractivity contribution is -0.139. The van der Waals surface area contributed by atoms with Gasteiger partial charge in [0.15, 0.2) is 0 Å². The third kappa shape index (κ3) is 4.04. The number of likely N-dealkylation sites (tertiary alicyclic amines) is 1. The third-order valence-corrected chi connectivity index (χ3v) is 7.01. The van der Waals surface area contributed by atoms with Crippen molar-refractivity contribution < 1.29 is 23.8 Å². The van der Waals surface area contributed by atoms with Crippen LogP contribution >= 0.6 is 11.3 Å². The van der Waals surface area contributed by atoms with Gasteiger partial charge in [0, 0.05) is 17.0 Å². The summed E-state index contributed by atoms with van der Waals surface area (Å²) in [5.41, 5.74) is 2.43. The molecule has 3 aromatic rings. The van der Waals surface area contributed by atoms with Crippen LogP contribution in [-0.4, -0.2) is 34.8 Å². The van der Waals surface area contributed by atoms with Crippen molar-refractivity contribution in [2.24, 2.45) is 0 Å². The van der Waals surface area contributed by atoms with Gasteiger partial charge in [0.05, 0.1) is 18.2 Å². The SMILES string of the molecule is O=C1C(=O)N(CCc2ccc(F)cc2)C(c2cccs2)/C1=C(/O)c1ccc2c(c1)CCCO2. The van der Waals surface area contributed by atoms with E-state index in [0.29, 0.717) is 18.6 Å². The Morgan fingerprint density at radius 2 is 1.97 bits per heavy atom. The smallest absolute Gasteiger partial charge is 0.295 e. The van der Waals surface area contributed by atoms with Crippen molar-refractivity contribution in [3.05, 3.63) is 92.9 Å². The quantitative estimate of drug-likeness (QED) is 0.333. The third-order valence-electron chi connectivity index (χ3n) is 6.09. The van der Waals surface area contributed by atoms with Crippen molar-refractivity contribution in [3.63, 3.8) is 0 Å². The molecule has 0 saturated carbocycles. The predicted molar refractivity (Wildman–Crippen MR) is 124 cm³/mol. The summed E-state index contributed by atoms with van der Waals surface area (Å²) in [5, 5.41) is 13.1. The minimum Gasteiger partial charge on any atom is -0.507 e. The molecule has 7 heteroatoms. The first-order valence-electron chi connectivity index (χ1n) is 10.9. The zero-order valence-corrected chi connectivity index (χ0v) is 18.6. The van der Waals surface area contributed by atoms with Gasteiger partial charge in [-0.2, -0.15) is 0 Å². The molecule has 1 saturated heterocycles. The van der Waals surface area contributed by atoms with Crippen molar-refractivity contribution in [1.82, 2.24) is 4.90 Å². The highest BCUT2D eigenvalue weighted by molar-refractivity contribution is 7.10. The summed E-state index contributed by atoms with van der Waals surface area (Å²) in [7, 11) is 0. The van der Waals surface area contributed by atoms with Crippen LogP contribution in [-0.2, 0) is 22.4 Å². The van der Waals surface area contributed by atoms with E-state index in [9.17, 15) is 19.1 Å². The van der Waals surface area contributed by atoms with Crippen LogP contribution < -0.4 is 4.74 Å². The number of carbonyl (C=O) groups excluding carboxylic acids is 2. The molecule has 1 atom stereocenters. The fourth-order valence-electron chi connectivity index (χ4n) is 4.42. The van der Waals surface area contributed by atoms with E-state index in [1.165, 1.54) is 28.4 Å². The minimum atomic E-state index is -0.695. The second-order valence-electron chi connectivity index (χ2n) is 8.16. The number of aryl methyl sites for hydroxylation is 1. The second kappa shape index (κ2) is 8.83. The maximum Gasteiger partial charge on any atom is 0.295 e. The zero-order chi connectivity index (χ0) is 22.9. The molecule has 5 nitrogen and oxygen atoms in total. The van der Waals surface area contributed by atoms with Crippen molar-refractivity contribution in [1.29, 1.82) is 0 Å². The summed E-state index contributed by atoms with van der Waals surface area (Å²) >= 11 is 1.43.